The molecular formula is C8H12N2OS. The first-order valence-electron chi connectivity index (χ1n) is 3.69. The van der Waals surface area contributed by atoms with Crippen molar-refractivity contribution in [2.24, 2.45) is 5.73 Å². The fourth-order valence-electron chi connectivity index (χ4n) is 0.911. The van der Waals surface area contributed by atoms with Gasteiger partial charge >= 0.3 is 6.03 Å². The second-order valence-corrected chi connectivity index (χ2v) is 4.01. The average Bonchev–Trinajstić information content (AvgIpc) is 2.28. The summed E-state index contributed by atoms with van der Waals surface area (Å²) in [6, 6.07) is 1.59. The molecule has 0 aromatic carbocycles. The monoisotopic (exact) mass is 184 g/mol. The molecule has 2 amide bonds. The summed E-state index contributed by atoms with van der Waals surface area (Å²) in [7, 11) is 0. The van der Waals surface area contributed by atoms with Crippen LogP contribution in [0, 0.1) is 13.8 Å². The molecule has 0 aliphatic carbocycles. The Morgan fingerprint density at radius 2 is 2.33 bits per heavy atom. The van der Waals surface area contributed by atoms with Crippen LogP contribution in [-0.2, 0) is 6.54 Å². The van der Waals surface area contributed by atoms with E-state index in [1.54, 1.807) is 11.3 Å². The van der Waals surface area contributed by atoms with Gasteiger partial charge in [0.05, 0.1) is 6.54 Å². The van der Waals surface area contributed by atoms with Gasteiger partial charge in [-0.3, -0.25) is 0 Å². The molecule has 0 atom stereocenters. The lowest BCUT2D eigenvalue weighted by atomic mass is 10.3. The number of aryl methyl sites for hydroxylation is 2. The van der Waals surface area contributed by atoms with Crippen molar-refractivity contribution in [2.45, 2.75) is 20.4 Å². The van der Waals surface area contributed by atoms with Gasteiger partial charge in [0.25, 0.3) is 0 Å². The number of amides is 2. The largest absolute Gasteiger partial charge is 0.352 e. The zero-order valence-electron chi connectivity index (χ0n) is 7.18. The maximum atomic E-state index is 10.4. The van der Waals surface area contributed by atoms with Crippen LogP contribution >= 0.6 is 11.3 Å². The molecule has 1 rings (SSSR count). The summed E-state index contributed by atoms with van der Waals surface area (Å²) in [6.07, 6.45) is 0. The molecule has 0 saturated heterocycles. The van der Waals surface area contributed by atoms with E-state index in [9.17, 15) is 4.79 Å². The van der Waals surface area contributed by atoms with Gasteiger partial charge in [-0.05, 0) is 25.5 Å². The van der Waals surface area contributed by atoms with Crippen LogP contribution in [0.15, 0.2) is 6.07 Å². The molecular weight excluding hydrogens is 172 g/mol. The molecule has 0 aliphatic heterocycles. The van der Waals surface area contributed by atoms with Gasteiger partial charge in [0, 0.05) is 9.75 Å². The normalized spacial score (nSPS) is 9.83. The number of carbonyl (C=O) groups is 1. The van der Waals surface area contributed by atoms with Crippen molar-refractivity contribution in [2.75, 3.05) is 0 Å². The molecule has 0 unspecified atom stereocenters. The predicted octanol–water partition coefficient (Wildman–Crippen LogP) is 1.53. The van der Waals surface area contributed by atoms with E-state index in [2.05, 4.69) is 25.2 Å². The quantitative estimate of drug-likeness (QED) is 0.719. The fraction of sp³-hybridized carbons (Fsp3) is 0.375. The predicted molar refractivity (Wildman–Crippen MR) is 50.2 cm³/mol. The molecule has 0 spiro atoms. The number of thiophene rings is 1. The average molecular weight is 184 g/mol. The van der Waals surface area contributed by atoms with Gasteiger partial charge in [-0.1, -0.05) is 0 Å². The molecule has 0 saturated carbocycles. The molecule has 3 N–H and O–H groups in total. The standard InChI is InChI=1S/C8H12N2OS/c1-5-3-7(12-6(5)2)4-10-8(9)11/h3H,4H2,1-2H3,(H3,9,10,11). The molecule has 0 aliphatic rings. The Bertz CT molecular complexity index is 274. The van der Waals surface area contributed by atoms with Crippen molar-refractivity contribution in [3.63, 3.8) is 0 Å². The lowest BCUT2D eigenvalue weighted by Gasteiger charge is -1.96. The molecule has 1 heterocycles. The third-order valence-electron chi connectivity index (χ3n) is 1.65. The van der Waals surface area contributed by atoms with Crippen molar-refractivity contribution in [3.8, 4) is 0 Å². The van der Waals surface area contributed by atoms with Crippen LogP contribution in [0.2, 0.25) is 0 Å². The molecule has 1 aromatic heterocycles. The van der Waals surface area contributed by atoms with E-state index >= 15 is 0 Å². The van der Waals surface area contributed by atoms with Gasteiger partial charge < -0.3 is 11.1 Å². The third kappa shape index (κ3) is 2.23. The van der Waals surface area contributed by atoms with Crippen LogP contribution in [-0.4, -0.2) is 6.03 Å². The van der Waals surface area contributed by atoms with Crippen LogP contribution in [0.3, 0.4) is 0 Å². The molecule has 3 nitrogen and oxygen atoms in total. The molecule has 1 aromatic rings. The zero-order chi connectivity index (χ0) is 9.14. The molecule has 66 valence electrons. The van der Waals surface area contributed by atoms with E-state index in [1.165, 1.54) is 10.4 Å². The highest BCUT2D eigenvalue weighted by molar-refractivity contribution is 7.12. The van der Waals surface area contributed by atoms with E-state index in [1.807, 2.05) is 0 Å². The van der Waals surface area contributed by atoms with Crippen molar-refractivity contribution >= 4 is 17.4 Å². The Labute approximate surface area is 75.6 Å². The van der Waals surface area contributed by atoms with Crippen molar-refractivity contribution in [1.29, 1.82) is 0 Å². The number of hydrogen-bond donors (Lipinski definition) is 2. The highest BCUT2D eigenvalue weighted by Gasteiger charge is 2.01. The Morgan fingerprint density at radius 1 is 1.67 bits per heavy atom. The summed E-state index contributed by atoms with van der Waals surface area (Å²) < 4.78 is 0. The lowest BCUT2D eigenvalue weighted by molar-refractivity contribution is 0.248. The number of carbonyl (C=O) groups excluding carboxylic acids is 1. The number of primary amides is 1. The number of urea groups is 1. The second-order valence-electron chi connectivity index (χ2n) is 2.67. The van der Waals surface area contributed by atoms with Gasteiger partial charge in [-0.25, -0.2) is 4.79 Å². The lowest BCUT2D eigenvalue weighted by Crippen LogP contribution is -2.28. The summed E-state index contributed by atoms with van der Waals surface area (Å²) in [5, 5.41) is 2.55. The minimum Gasteiger partial charge on any atom is -0.352 e. The van der Waals surface area contributed by atoms with Gasteiger partial charge in [-0.2, -0.15) is 0 Å². The molecule has 0 bridgehead atoms. The van der Waals surface area contributed by atoms with Crippen LogP contribution in [0.5, 0.6) is 0 Å². The highest BCUT2D eigenvalue weighted by Crippen LogP contribution is 2.19. The fourth-order valence-corrected chi connectivity index (χ4v) is 1.90. The minimum absolute atomic E-state index is 0.473. The Balaban J connectivity index is 2.58. The smallest absolute Gasteiger partial charge is 0.312 e. The van der Waals surface area contributed by atoms with Crippen molar-refractivity contribution in [3.05, 3.63) is 21.4 Å². The van der Waals surface area contributed by atoms with Gasteiger partial charge in [0.2, 0.25) is 0 Å². The SMILES string of the molecule is Cc1cc(CNC(N)=O)sc1C. The number of rotatable bonds is 2. The van der Waals surface area contributed by atoms with Crippen LogP contribution in [0.25, 0.3) is 0 Å². The molecule has 0 radical (unpaired) electrons. The molecule has 0 fully saturated rings. The maximum absolute atomic E-state index is 10.4. The summed E-state index contributed by atoms with van der Waals surface area (Å²) in [5.74, 6) is 0. The summed E-state index contributed by atoms with van der Waals surface area (Å²) in [6.45, 7) is 4.65. The first-order valence-corrected chi connectivity index (χ1v) is 4.50. The molecule has 4 heteroatoms. The molecule has 12 heavy (non-hydrogen) atoms. The van der Waals surface area contributed by atoms with Gasteiger partial charge in [-0.15, -0.1) is 11.3 Å². The van der Waals surface area contributed by atoms with Crippen LogP contribution < -0.4 is 11.1 Å². The summed E-state index contributed by atoms with van der Waals surface area (Å²) in [5.41, 5.74) is 6.20. The van der Waals surface area contributed by atoms with Crippen molar-refractivity contribution in [1.82, 2.24) is 5.32 Å². The summed E-state index contributed by atoms with van der Waals surface area (Å²) >= 11 is 1.69. The minimum atomic E-state index is -0.473. The third-order valence-corrected chi connectivity index (χ3v) is 2.81. The van der Waals surface area contributed by atoms with Gasteiger partial charge in [0.1, 0.15) is 0 Å². The Hall–Kier alpha value is -1.03. The van der Waals surface area contributed by atoms with Gasteiger partial charge in [0.15, 0.2) is 0 Å². The van der Waals surface area contributed by atoms with Crippen LogP contribution in [0.1, 0.15) is 15.3 Å². The highest BCUT2D eigenvalue weighted by atomic mass is 32.1. The first kappa shape index (κ1) is 9.06. The van der Waals surface area contributed by atoms with E-state index in [-0.39, 0.29) is 0 Å². The van der Waals surface area contributed by atoms with E-state index in [0.29, 0.717) is 6.54 Å². The Morgan fingerprint density at radius 3 is 2.75 bits per heavy atom. The second kappa shape index (κ2) is 3.58. The number of nitrogens with two attached hydrogens (primary N) is 1. The van der Waals surface area contributed by atoms with E-state index in [4.69, 9.17) is 5.73 Å². The van der Waals surface area contributed by atoms with E-state index < -0.39 is 6.03 Å². The number of nitrogens with one attached hydrogen (secondary N) is 1. The first-order chi connectivity index (χ1) is 5.59. The number of hydrogen-bond acceptors (Lipinski definition) is 2. The van der Waals surface area contributed by atoms with E-state index in [0.717, 1.165) is 4.88 Å². The topological polar surface area (TPSA) is 55.1 Å². The van der Waals surface area contributed by atoms with Crippen LogP contribution in [0.4, 0.5) is 4.79 Å². The maximum Gasteiger partial charge on any atom is 0.312 e. The Kier molecular flexibility index (Phi) is 2.70. The van der Waals surface area contributed by atoms with Crippen molar-refractivity contribution < 1.29 is 4.79 Å². The summed E-state index contributed by atoms with van der Waals surface area (Å²) in [4.78, 5) is 12.8. The zero-order valence-corrected chi connectivity index (χ0v) is 7.99.